The average Bonchev–Trinajstić information content (AvgIpc) is 3.49. The minimum absolute atomic E-state index is 0.00131. The Hall–Kier alpha value is -4.93. The molecular formula is C30H27N3O8. The van der Waals surface area contributed by atoms with Crippen LogP contribution in [0.3, 0.4) is 0 Å². The second-order valence-corrected chi connectivity index (χ2v) is 10.9. The van der Waals surface area contributed by atoms with Crippen LogP contribution in [-0.4, -0.2) is 56.9 Å². The van der Waals surface area contributed by atoms with Gasteiger partial charge in [-0.1, -0.05) is 0 Å². The van der Waals surface area contributed by atoms with Gasteiger partial charge in [-0.3, -0.25) is 24.0 Å². The number of allylic oxidation sites excluding steroid dienone is 4. The number of phenols is 2. The van der Waals surface area contributed by atoms with Gasteiger partial charge < -0.3 is 30.5 Å². The Morgan fingerprint density at radius 3 is 2.59 bits per heavy atom. The van der Waals surface area contributed by atoms with Crippen LogP contribution in [-0.2, 0) is 19.8 Å². The number of carbonyl (C=O) groups excluding carboxylic acids is 5. The maximum atomic E-state index is 14.0. The summed E-state index contributed by atoms with van der Waals surface area (Å²) in [6, 6.07) is 4.26. The van der Waals surface area contributed by atoms with Gasteiger partial charge in [-0.05, 0) is 58.7 Å². The van der Waals surface area contributed by atoms with Crippen LogP contribution in [0.2, 0.25) is 0 Å². The van der Waals surface area contributed by atoms with E-state index in [9.17, 15) is 34.2 Å². The van der Waals surface area contributed by atoms with Crippen LogP contribution in [0.25, 0.3) is 0 Å². The van der Waals surface area contributed by atoms with Gasteiger partial charge in [0.1, 0.15) is 40.0 Å². The largest absolute Gasteiger partial charge is 0.507 e. The molecule has 2 aromatic rings. The predicted molar refractivity (Wildman–Crippen MR) is 146 cm³/mol. The molecule has 41 heavy (non-hydrogen) atoms. The molecule has 3 heterocycles. The molecule has 0 spiro atoms. The summed E-state index contributed by atoms with van der Waals surface area (Å²) in [5.41, 5.74) is -0.749. The highest BCUT2D eigenvalue weighted by Gasteiger charge is 2.56. The molecule has 0 unspecified atom stereocenters. The number of hydrogen-bond donors (Lipinski definition) is 4. The van der Waals surface area contributed by atoms with Gasteiger partial charge in [0.05, 0.1) is 22.4 Å². The summed E-state index contributed by atoms with van der Waals surface area (Å²) in [6.07, 6.45) is 2.47. The van der Waals surface area contributed by atoms with E-state index in [1.54, 1.807) is 30.0 Å². The standard InChI is InChI=1S/C30H27N3O8/c1-12-24(36)22(14(3)34)26-23(25(12)37)30(4)20(41-26)11-19(35)21(27(30)38)13(2)31-15-7-8-17-16(10-15)29(40)33-9-5-6-18(33)28(39)32-17/h7-8,10-11,18,31,36-37H,5-6,9H2,1-4H3,(H,32,39)/b21-13+/t18-,30-/m0/s1. The molecule has 11 heteroatoms. The van der Waals surface area contributed by atoms with Gasteiger partial charge in [0.15, 0.2) is 17.3 Å². The highest BCUT2D eigenvalue weighted by Crippen LogP contribution is 2.57. The molecule has 4 aliphatic rings. The van der Waals surface area contributed by atoms with E-state index in [4.69, 9.17) is 4.74 Å². The Morgan fingerprint density at radius 1 is 1.15 bits per heavy atom. The topological polar surface area (TPSA) is 162 Å². The number of aromatic hydroxyl groups is 2. The fraction of sp³-hybridized carbons (Fsp3) is 0.300. The van der Waals surface area contributed by atoms with Crippen molar-refractivity contribution >= 4 is 40.5 Å². The van der Waals surface area contributed by atoms with Crippen LogP contribution < -0.4 is 15.4 Å². The number of amides is 2. The Labute approximate surface area is 234 Å². The first kappa shape index (κ1) is 26.3. The number of benzene rings is 2. The molecule has 3 aliphatic heterocycles. The zero-order valence-corrected chi connectivity index (χ0v) is 22.8. The van der Waals surface area contributed by atoms with Gasteiger partial charge in [-0.25, -0.2) is 0 Å². The number of nitrogens with one attached hydrogen (secondary N) is 2. The number of Topliss-reactive ketones (excluding diaryl/α,β-unsaturated/α-hetero) is 2. The number of nitrogens with zero attached hydrogens (tertiary/aromatic N) is 1. The van der Waals surface area contributed by atoms with Crippen molar-refractivity contribution in [1.82, 2.24) is 4.90 Å². The fourth-order valence-electron chi connectivity index (χ4n) is 6.20. The van der Waals surface area contributed by atoms with Crippen LogP contribution in [0.5, 0.6) is 17.2 Å². The van der Waals surface area contributed by atoms with Crippen molar-refractivity contribution in [2.75, 3.05) is 17.2 Å². The average molecular weight is 558 g/mol. The van der Waals surface area contributed by atoms with Crippen LogP contribution in [0.4, 0.5) is 11.4 Å². The number of ether oxygens (including phenoxy) is 1. The van der Waals surface area contributed by atoms with Gasteiger partial charge in [0, 0.05) is 29.6 Å². The Kier molecular flexibility index (Phi) is 5.64. The molecule has 0 aromatic heterocycles. The summed E-state index contributed by atoms with van der Waals surface area (Å²) in [5.74, 6) is -3.46. The third kappa shape index (κ3) is 3.54. The van der Waals surface area contributed by atoms with E-state index in [2.05, 4.69) is 10.6 Å². The Morgan fingerprint density at radius 2 is 1.88 bits per heavy atom. The van der Waals surface area contributed by atoms with Crippen molar-refractivity contribution in [2.24, 2.45) is 0 Å². The summed E-state index contributed by atoms with van der Waals surface area (Å²) in [7, 11) is 0. The summed E-state index contributed by atoms with van der Waals surface area (Å²) >= 11 is 0. The molecule has 0 saturated carbocycles. The number of ketones is 3. The first-order valence-corrected chi connectivity index (χ1v) is 13.2. The smallest absolute Gasteiger partial charge is 0.256 e. The van der Waals surface area contributed by atoms with Gasteiger partial charge >= 0.3 is 0 Å². The molecule has 0 radical (unpaired) electrons. The predicted octanol–water partition coefficient (Wildman–Crippen LogP) is 3.24. The lowest BCUT2D eigenvalue weighted by atomic mass is 9.70. The molecule has 2 amide bonds. The minimum Gasteiger partial charge on any atom is -0.507 e. The summed E-state index contributed by atoms with van der Waals surface area (Å²) in [4.78, 5) is 67.1. The maximum Gasteiger partial charge on any atom is 0.256 e. The lowest BCUT2D eigenvalue weighted by Crippen LogP contribution is -2.40. The van der Waals surface area contributed by atoms with Crippen LogP contribution in [0.1, 0.15) is 65.5 Å². The van der Waals surface area contributed by atoms with E-state index in [-0.39, 0.29) is 56.8 Å². The fourth-order valence-corrected chi connectivity index (χ4v) is 6.20. The lowest BCUT2D eigenvalue weighted by molar-refractivity contribution is -0.123. The van der Waals surface area contributed by atoms with Crippen LogP contribution in [0, 0.1) is 6.92 Å². The number of hydrogen-bond acceptors (Lipinski definition) is 9. The number of anilines is 2. The van der Waals surface area contributed by atoms with Crippen molar-refractivity contribution in [2.45, 2.75) is 52.0 Å². The van der Waals surface area contributed by atoms with Gasteiger partial charge in [0.25, 0.3) is 5.91 Å². The van der Waals surface area contributed by atoms with E-state index >= 15 is 0 Å². The van der Waals surface area contributed by atoms with Gasteiger partial charge in [-0.2, -0.15) is 0 Å². The first-order valence-electron chi connectivity index (χ1n) is 13.2. The normalized spacial score (nSPS) is 24.0. The highest BCUT2D eigenvalue weighted by molar-refractivity contribution is 6.31. The molecule has 210 valence electrons. The third-order valence-electron chi connectivity index (χ3n) is 8.42. The van der Waals surface area contributed by atoms with Crippen LogP contribution in [0.15, 0.2) is 41.3 Å². The summed E-state index contributed by atoms with van der Waals surface area (Å²) in [6.45, 7) is 6.14. The molecule has 11 nitrogen and oxygen atoms in total. The van der Waals surface area contributed by atoms with E-state index in [1.807, 2.05) is 0 Å². The number of fused-ring (bicyclic) bond motifs is 5. The van der Waals surface area contributed by atoms with E-state index in [0.717, 1.165) is 12.5 Å². The molecule has 1 saturated heterocycles. The van der Waals surface area contributed by atoms with Crippen molar-refractivity contribution in [3.05, 3.63) is 63.6 Å². The molecule has 0 bridgehead atoms. The number of carbonyl (C=O) groups is 5. The van der Waals surface area contributed by atoms with Crippen molar-refractivity contribution in [3.63, 3.8) is 0 Å². The SMILES string of the molecule is CC(=O)c1c(O)c(C)c(O)c2c1OC1=CC(=O)/C(=C(/C)Nc3ccc4c(c3)C(=O)N3CCC[C@H]3C(=O)N4)C(=O)[C@@]12C. The molecule has 2 atom stereocenters. The Bertz CT molecular complexity index is 1720. The van der Waals surface area contributed by atoms with E-state index in [0.29, 0.717) is 24.3 Å². The zero-order chi connectivity index (χ0) is 29.5. The summed E-state index contributed by atoms with van der Waals surface area (Å²) in [5, 5.41) is 27.4. The maximum absolute atomic E-state index is 14.0. The number of phenolic OH excluding ortho intramolecular Hbond substituents is 2. The lowest BCUT2D eigenvalue weighted by Gasteiger charge is -2.29. The Balaban J connectivity index is 1.41. The minimum atomic E-state index is -1.65. The monoisotopic (exact) mass is 557 g/mol. The summed E-state index contributed by atoms with van der Waals surface area (Å²) < 4.78 is 5.80. The van der Waals surface area contributed by atoms with Crippen molar-refractivity contribution in [1.29, 1.82) is 0 Å². The third-order valence-corrected chi connectivity index (χ3v) is 8.42. The quantitative estimate of drug-likeness (QED) is 0.252. The molecule has 6 rings (SSSR count). The first-order chi connectivity index (χ1) is 19.4. The van der Waals surface area contributed by atoms with Crippen molar-refractivity contribution in [3.8, 4) is 17.2 Å². The molecule has 2 aromatic carbocycles. The van der Waals surface area contributed by atoms with E-state index < -0.39 is 40.3 Å². The number of rotatable bonds is 3. The molecule has 4 N–H and O–H groups in total. The van der Waals surface area contributed by atoms with Crippen molar-refractivity contribution < 1.29 is 38.9 Å². The second kappa shape index (κ2) is 8.79. The zero-order valence-electron chi connectivity index (χ0n) is 22.8. The molecular weight excluding hydrogens is 530 g/mol. The highest BCUT2D eigenvalue weighted by atomic mass is 16.5. The molecule has 1 fully saturated rings. The van der Waals surface area contributed by atoms with Gasteiger partial charge in [0.2, 0.25) is 5.91 Å². The second-order valence-electron chi connectivity index (χ2n) is 10.9. The van der Waals surface area contributed by atoms with E-state index in [1.165, 1.54) is 20.8 Å². The van der Waals surface area contributed by atoms with Gasteiger partial charge in [-0.15, -0.1) is 0 Å². The molecule has 1 aliphatic carbocycles. The van der Waals surface area contributed by atoms with Crippen LogP contribution >= 0.6 is 0 Å².